The third-order valence-corrected chi connectivity index (χ3v) is 6.98. The number of phenolic OH excluding ortho intramolecular Hbond substituents is 2. The topological polar surface area (TPSA) is 40.5 Å². The summed E-state index contributed by atoms with van der Waals surface area (Å²) in [6.07, 6.45) is 10.3. The van der Waals surface area contributed by atoms with Gasteiger partial charge in [0.05, 0.1) is 0 Å². The second-order valence-electron chi connectivity index (χ2n) is 9.58. The zero-order chi connectivity index (χ0) is 20.9. The maximum atomic E-state index is 10.8. The van der Waals surface area contributed by atoms with Crippen molar-refractivity contribution in [3.63, 3.8) is 0 Å². The largest absolute Gasteiger partial charge is 0.508 e. The van der Waals surface area contributed by atoms with Crippen LogP contribution >= 0.6 is 0 Å². The van der Waals surface area contributed by atoms with Crippen molar-refractivity contribution in [1.29, 1.82) is 0 Å². The van der Waals surface area contributed by atoms with Gasteiger partial charge in [-0.1, -0.05) is 76.8 Å². The van der Waals surface area contributed by atoms with Crippen LogP contribution in [0.1, 0.15) is 107 Å². The van der Waals surface area contributed by atoms with E-state index >= 15 is 0 Å². The summed E-state index contributed by atoms with van der Waals surface area (Å²) in [5.41, 5.74) is 3.19. The number of hydrogen-bond donors (Lipinski definition) is 2. The normalized spacial score (nSPS) is 20.0. The van der Waals surface area contributed by atoms with E-state index in [1.807, 2.05) is 12.1 Å². The highest BCUT2D eigenvalue weighted by molar-refractivity contribution is 5.50. The molecule has 0 bridgehead atoms. The van der Waals surface area contributed by atoms with Crippen LogP contribution in [0.15, 0.2) is 42.5 Å². The lowest BCUT2D eigenvalue weighted by Gasteiger charge is -2.31. The monoisotopic (exact) mass is 394 g/mol. The van der Waals surface area contributed by atoms with Crippen LogP contribution in [0, 0.1) is 0 Å². The van der Waals surface area contributed by atoms with Crippen LogP contribution in [-0.2, 0) is 5.41 Å². The number of hydrogen-bond acceptors (Lipinski definition) is 2. The second-order valence-corrected chi connectivity index (χ2v) is 9.58. The van der Waals surface area contributed by atoms with Crippen molar-refractivity contribution in [1.82, 2.24) is 0 Å². The molecule has 3 rings (SSSR count). The first-order valence-electron chi connectivity index (χ1n) is 11.5. The highest BCUT2D eigenvalue weighted by Crippen LogP contribution is 2.47. The Balaban J connectivity index is 1.68. The quantitative estimate of drug-likeness (QED) is 0.449. The Labute approximate surface area is 177 Å². The smallest absolute Gasteiger partial charge is 0.123 e. The van der Waals surface area contributed by atoms with E-state index in [9.17, 15) is 10.2 Å². The van der Waals surface area contributed by atoms with Crippen molar-refractivity contribution in [2.24, 2.45) is 0 Å². The fourth-order valence-electron chi connectivity index (χ4n) is 5.01. The molecule has 0 heterocycles. The summed E-state index contributed by atoms with van der Waals surface area (Å²) < 4.78 is 0. The summed E-state index contributed by atoms with van der Waals surface area (Å²) in [5, 5.41) is 21.6. The molecule has 1 fully saturated rings. The van der Waals surface area contributed by atoms with Gasteiger partial charge in [0.2, 0.25) is 0 Å². The molecule has 0 saturated heterocycles. The van der Waals surface area contributed by atoms with E-state index in [0.717, 1.165) is 43.2 Å². The van der Waals surface area contributed by atoms with Crippen LogP contribution in [0.25, 0.3) is 0 Å². The zero-order valence-corrected chi connectivity index (χ0v) is 18.5. The molecule has 1 aliphatic rings. The van der Waals surface area contributed by atoms with Crippen molar-refractivity contribution in [2.75, 3.05) is 0 Å². The van der Waals surface area contributed by atoms with Crippen LogP contribution in [-0.4, -0.2) is 10.2 Å². The summed E-state index contributed by atoms with van der Waals surface area (Å²) in [6.45, 7) is 6.67. The van der Waals surface area contributed by atoms with E-state index < -0.39 is 0 Å². The van der Waals surface area contributed by atoms with E-state index in [-0.39, 0.29) is 22.8 Å². The Morgan fingerprint density at radius 2 is 1.41 bits per heavy atom. The van der Waals surface area contributed by atoms with Crippen LogP contribution in [0.5, 0.6) is 11.5 Å². The third kappa shape index (κ3) is 5.35. The number of aromatic hydroxyl groups is 2. The van der Waals surface area contributed by atoms with Gasteiger partial charge < -0.3 is 10.2 Å². The average molecular weight is 395 g/mol. The van der Waals surface area contributed by atoms with Gasteiger partial charge in [-0.25, -0.2) is 0 Å². The SMILES string of the molecule is CCCCCCC(C)(C)c1cc(O)c(C2CCC(c3ccccc3)CC2)c(O)c1. The Hall–Kier alpha value is -1.96. The first-order valence-corrected chi connectivity index (χ1v) is 11.5. The van der Waals surface area contributed by atoms with Gasteiger partial charge in [0.15, 0.2) is 0 Å². The molecule has 0 aromatic heterocycles. The average Bonchev–Trinajstić information content (AvgIpc) is 2.72. The van der Waals surface area contributed by atoms with Gasteiger partial charge in [0, 0.05) is 5.56 Å². The molecule has 1 aliphatic carbocycles. The molecular formula is C27H38O2. The van der Waals surface area contributed by atoms with Gasteiger partial charge in [-0.15, -0.1) is 0 Å². The minimum absolute atomic E-state index is 0.0355. The number of unbranched alkanes of at least 4 members (excludes halogenated alkanes) is 3. The van der Waals surface area contributed by atoms with Crippen LogP contribution in [0.2, 0.25) is 0 Å². The molecule has 0 atom stereocenters. The molecule has 0 radical (unpaired) electrons. The van der Waals surface area contributed by atoms with Crippen LogP contribution < -0.4 is 0 Å². The van der Waals surface area contributed by atoms with E-state index in [1.54, 1.807) is 0 Å². The molecular weight excluding hydrogens is 356 g/mol. The maximum absolute atomic E-state index is 10.8. The summed E-state index contributed by atoms with van der Waals surface area (Å²) in [7, 11) is 0. The Bertz CT molecular complexity index is 747. The summed E-state index contributed by atoms with van der Waals surface area (Å²) in [6, 6.07) is 14.6. The molecule has 0 aliphatic heterocycles. The van der Waals surface area contributed by atoms with E-state index in [0.29, 0.717) is 5.92 Å². The predicted octanol–water partition coefficient (Wildman–Crippen LogP) is 7.79. The molecule has 0 spiro atoms. The molecule has 2 N–H and O–H groups in total. The predicted molar refractivity (Wildman–Crippen MR) is 122 cm³/mol. The molecule has 2 heteroatoms. The Kier molecular flexibility index (Phi) is 7.27. The minimum atomic E-state index is -0.0355. The lowest BCUT2D eigenvalue weighted by atomic mass is 9.74. The molecule has 0 unspecified atom stereocenters. The number of rotatable bonds is 8. The fraction of sp³-hybridized carbons (Fsp3) is 0.556. The van der Waals surface area contributed by atoms with Crippen molar-refractivity contribution in [3.05, 3.63) is 59.2 Å². The minimum Gasteiger partial charge on any atom is -0.508 e. The van der Waals surface area contributed by atoms with Gasteiger partial charge in [-0.2, -0.15) is 0 Å². The molecule has 0 amide bonds. The standard InChI is InChI=1S/C27H38O2/c1-4-5-6-10-17-27(2,3)23-18-24(28)26(25(29)19-23)22-15-13-21(14-16-22)20-11-8-7-9-12-20/h7-9,11-12,18-19,21-22,28-29H,4-6,10,13-17H2,1-3H3. The summed E-state index contributed by atoms with van der Waals surface area (Å²) in [5.74, 6) is 1.41. The number of benzene rings is 2. The van der Waals surface area contributed by atoms with Gasteiger partial charge in [-0.3, -0.25) is 0 Å². The van der Waals surface area contributed by atoms with Crippen LogP contribution in [0.3, 0.4) is 0 Å². The lowest BCUT2D eigenvalue weighted by molar-refractivity contribution is 0.363. The maximum Gasteiger partial charge on any atom is 0.123 e. The van der Waals surface area contributed by atoms with Crippen LogP contribution in [0.4, 0.5) is 0 Å². The molecule has 2 nitrogen and oxygen atoms in total. The van der Waals surface area contributed by atoms with E-state index in [1.165, 1.54) is 31.2 Å². The molecule has 158 valence electrons. The Morgan fingerprint density at radius 1 is 0.828 bits per heavy atom. The molecule has 2 aromatic rings. The second kappa shape index (κ2) is 9.69. The van der Waals surface area contributed by atoms with Crippen molar-refractivity contribution >= 4 is 0 Å². The van der Waals surface area contributed by atoms with Gasteiger partial charge in [0.25, 0.3) is 0 Å². The zero-order valence-electron chi connectivity index (χ0n) is 18.5. The highest BCUT2D eigenvalue weighted by atomic mass is 16.3. The summed E-state index contributed by atoms with van der Waals surface area (Å²) in [4.78, 5) is 0. The van der Waals surface area contributed by atoms with Crippen molar-refractivity contribution in [3.8, 4) is 11.5 Å². The first kappa shape index (κ1) is 21.7. The summed E-state index contributed by atoms with van der Waals surface area (Å²) >= 11 is 0. The Morgan fingerprint density at radius 3 is 2.00 bits per heavy atom. The van der Waals surface area contributed by atoms with E-state index in [4.69, 9.17) is 0 Å². The number of phenols is 2. The van der Waals surface area contributed by atoms with Crippen molar-refractivity contribution in [2.45, 2.75) is 95.8 Å². The van der Waals surface area contributed by atoms with Gasteiger partial charge >= 0.3 is 0 Å². The highest BCUT2D eigenvalue weighted by Gasteiger charge is 2.29. The van der Waals surface area contributed by atoms with Gasteiger partial charge in [-0.05, 0) is 72.6 Å². The first-order chi connectivity index (χ1) is 13.9. The molecule has 29 heavy (non-hydrogen) atoms. The van der Waals surface area contributed by atoms with Crippen molar-refractivity contribution < 1.29 is 10.2 Å². The van der Waals surface area contributed by atoms with Gasteiger partial charge in [0.1, 0.15) is 11.5 Å². The third-order valence-electron chi connectivity index (χ3n) is 6.98. The lowest BCUT2D eigenvalue weighted by Crippen LogP contribution is -2.18. The molecule has 1 saturated carbocycles. The fourth-order valence-corrected chi connectivity index (χ4v) is 5.01. The molecule has 2 aromatic carbocycles. The van der Waals surface area contributed by atoms with E-state index in [2.05, 4.69) is 51.1 Å².